The number of aromatic nitrogens is 4. The van der Waals surface area contributed by atoms with Crippen molar-refractivity contribution in [3.8, 4) is 50.6 Å². The van der Waals surface area contributed by atoms with Gasteiger partial charge in [0.05, 0.1) is 58.5 Å². The van der Waals surface area contributed by atoms with Gasteiger partial charge in [-0.25, -0.2) is 4.98 Å². The number of fused-ring (bicyclic) bond motifs is 4. The van der Waals surface area contributed by atoms with Crippen LogP contribution in [-0.2, 0) is 7.05 Å². The van der Waals surface area contributed by atoms with Crippen LogP contribution >= 0.6 is 0 Å². The van der Waals surface area contributed by atoms with Crippen LogP contribution in [0, 0.1) is 0 Å². The Morgan fingerprint density at radius 3 is 2.09 bits per heavy atom. The molecule has 214 valence electrons. The summed E-state index contributed by atoms with van der Waals surface area (Å²) in [5, 5.41) is 2.37. The molecule has 0 unspecified atom stereocenters. The van der Waals surface area contributed by atoms with Crippen molar-refractivity contribution in [1.82, 2.24) is 19.1 Å². The molecule has 9 aromatic rings. The molecule has 45 heavy (non-hydrogen) atoms. The Morgan fingerprint density at radius 1 is 0.578 bits per heavy atom. The van der Waals surface area contributed by atoms with Gasteiger partial charge >= 0.3 is 0 Å². The molecule has 5 aromatic heterocycles. The molecule has 0 N–H and O–H groups in total. The normalized spacial score (nSPS) is 11.7. The van der Waals surface area contributed by atoms with Crippen LogP contribution in [0.2, 0.25) is 0 Å². The molecule has 0 spiro atoms. The molecule has 0 amide bonds. The summed E-state index contributed by atoms with van der Waals surface area (Å²) in [7, 11) is 2.08. The fourth-order valence-corrected chi connectivity index (χ4v) is 6.47. The highest BCUT2D eigenvalue weighted by Crippen LogP contribution is 2.39. The summed E-state index contributed by atoms with van der Waals surface area (Å²) in [6.07, 6.45) is 8.83. The topological polar surface area (TPSA) is 61.9 Å². The van der Waals surface area contributed by atoms with E-state index in [1.807, 2.05) is 24.4 Å². The van der Waals surface area contributed by atoms with E-state index in [0.29, 0.717) is 0 Å². The zero-order chi connectivity index (χ0) is 29.9. The van der Waals surface area contributed by atoms with Crippen molar-refractivity contribution in [3.63, 3.8) is 0 Å². The van der Waals surface area contributed by atoms with Crippen LogP contribution in [0.25, 0.3) is 83.4 Å². The first-order chi connectivity index (χ1) is 22.2. The number of imidazole rings is 1. The summed E-state index contributed by atoms with van der Waals surface area (Å²) in [5.41, 5.74) is 12.4. The summed E-state index contributed by atoms with van der Waals surface area (Å²) >= 11 is 0. The number of nitrogens with zero attached hydrogens (tertiary/aromatic N) is 4. The number of aryl methyl sites for hydroxylation is 1. The third-order valence-corrected chi connectivity index (χ3v) is 8.70. The summed E-state index contributed by atoms with van der Waals surface area (Å²) in [6, 6.07) is 38.1. The van der Waals surface area contributed by atoms with Gasteiger partial charge in [-0.15, -0.1) is 0 Å². The Morgan fingerprint density at radius 2 is 1.31 bits per heavy atom. The van der Waals surface area contributed by atoms with E-state index < -0.39 is 0 Å². The molecule has 0 aliphatic rings. The van der Waals surface area contributed by atoms with E-state index in [0.717, 1.165) is 72.7 Å². The van der Waals surface area contributed by atoms with Crippen molar-refractivity contribution in [1.29, 1.82) is 0 Å². The zero-order valence-corrected chi connectivity index (χ0v) is 24.4. The number of hydrogen-bond donors (Lipinski definition) is 0. The Balaban J connectivity index is 1.29. The third-order valence-electron chi connectivity index (χ3n) is 8.70. The standard InChI is InChI=1S/C39H26N4O2/c1-42-36-9-5-3-7-34(36)41-39(42)26-11-14-32-31-6-2-4-8-35(31)43(38(32)21-26)37-20-25(10-13-30(37)29-17-19-45-24-29)33-15-12-27(22-40-33)28-16-18-44-23-28/h2-24H,1H3. The van der Waals surface area contributed by atoms with Crippen molar-refractivity contribution in [2.24, 2.45) is 7.05 Å². The first-order valence-corrected chi connectivity index (χ1v) is 14.8. The van der Waals surface area contributed by atoms with Gasteiger partial charge in [0.15, 0.2) is 0 Å². The highest BCUT2D eigenvalue weighted by molar-refractivity contribution is 6.10. The lowest BCUT2D eigenvalue weighted by Gasteiger charge is -2.15. The number of benzene rings is 4. The Labute approximate surface area is 258 Å². The maximum absolute atomic E-state index is 5.56. The maximum atomic E-state index is 5.56. The van der Waals surface area contributed by atoms with E-state index >= 15 is 0 Å². The molecule has 0 saturated carbocycles. The molecule has 0 fully saturated rings. The molecule has 0 aliphatic carbocycles. The average molecular weight is 583 g/mol. The van der Waals surface area contributed by atoms with Gasteiger partial charge in [0, 0.05) is 57.4 Å². The van der Waals surface area contributed by atoms with Gasteiger partial charge in [-0.3, -0.25) is 4.98 Å². The maximum Gasteiger partial charge on any atom is 0.140 e. The summed E-state index contributed by atoms with van der Waals surface area (Å²) in [5.74, 6) is 0.931. The third kappa shape index (κ3) is 4.03. The predicted molar refractivity (Wildman–Crippen MR) is 179 cm³/mol. The van der Waals surface area contributed by atoms with Gasteiger partial charge < -0.3 is 18.0 Å². The molecule has 0 saturated heterocycles. The van der Waals surface area contributed by atoms with E-state index in [-0.39, 0.29) is 0 Å². The van der Waals surface area contributed by atoms with Crippen LogP contribution in [0.15, 0.2) is 149 Å². The molecule has 0 aliphatic heterocycles. The summed E-state index contributed by atoms with van der Waals surface area (Å²) < 4.78 is 15.4. The molecule has 6 heteroatoms. The molecule has 4 aromatic carbocycles. The van der Waals surface area contributed by atoms with Crippen molar-refractivity contribution in [3.05, 3.63) is 140 Å². The minimum Gasteiger partial charge on any atom is -0.472 e. The fraction of sp³-hybridized carbons (Fsp3) is 0.0256. The molecule has 9 rings (SSSR count). The van der Waals surface area contributed by atoms with E-state index in [2.05, 4.69) is 107 Å². The van der Waals surface area contributed by atoms with Crippen molar-refractivity contribution >= 4 is 32.8 Å². The van der Waals surface area contributed by atoms with Crippen molar-refractivity contribution in [2.75, 3.05) is 0 Å². The van der Waals surface area contributed by atoms with E-state index in [9.17, 15) is 0 Å². The van der Waals surface area contributed by atoms with Gasteiger partial charge in [-0.2, -0.15) is 0 Å². The smallest absolute Gasteiger partial charge is 0.140 e. The lowest BCUT2D eigenvalue weighted by molar-refractivity contribution is 0.568. The predicted octanol–water partition coefficient (Wildman–Crippen LogP) is 9.92. The van der Waals surface area contributed by atoms with E-state index in [1.165, 1.54) is 10.8 Å². The van der Waals surface area contributed by atoms with E-state index in [4.69, 9.17) is 18.8 Å². The summed E-state index contributed by atoms with van der Waals surface area (Å²) in [6.45, 7) is 0. The van der Waals surface area contributed by atoms with Crippen LogP contribution in [0.5, 0.6) is 0 Å². The highest BCUT2D eigenvalue weighted by Gasteiger charge is 2.19. The van der Waals surface area contributed by atoms with E-state index in [1.54, 1.807) is 25.1 Å². The Bertz CT molecular complexity index is 2480. The summed E-state index contributed by atoms with van der Waals surface area (Å²) in [4.78, 5) is 9.86. The fourth-order valence-electron chi connectivity index (χ4n) is 6.47. The first-order valence-electron chi connectivity index (χ1n) is 14.8. The van der Waals surface area contributed by atoms with Crippen LogP contribution in [0.4, 0.5) is 0 Å². The van der Waals surface area contributed by atoms with Gasteiger partial charge in [0.25, 0.3) is 0 Å². The van der Waals surface area contributed by atoms with Crippen LogP contribution < -0.4 is 0 Å². The number of hydrogen-bond acceptors (Lipinski definition) is 4. The monoisotopic (exact) mass is 582 g/mol. The first kappa shape index (κ1) is 25.4. The Kier molecular flexibility index (Phi) is 5.62. The van der Waals surface area contributed by atoms with Gasteiger partial charge in [0.1, 0.15) is 5.82 Å². The average Bonchev–Trinajstić information content (AvgIpc) is 3.91. The molecular weight excluding hydrogens is 556 g/mol. The lowest BCUT2D eigenvalue weighted by atomic mass is 10.0. The van der Waals surface area contributed by atoms with Gasteiger partial charge in [0.2, 0.25) is 0 Å². The van der Waals surface area contributed by atoms with Crippen molar-refractivity contribution < 1.29 is 8.83 Å². The van der Waals surface area contributed by atoms with Crippen LogP contribution in [-0.4, -0.2) is 19.1 Å². The number of pyridine rings is 1. The molecular formula is C39H26N4O2. The molecule has 6 nitrogen and oxygen atoms in total. The zero-order valence-electron chi connectivity index (χ0n) is 24.4. The number of furan rings is 2. The SMILES string of the molecule is Cn1c(-c2ccc3c4ccccc4n(-c4cc(-c5ccc(-c6ccoc6)cn5)ccc4-c4ccoc4)c3c2)nc2ccccc21. The van der Waals surface area contributed by atoms with Gasteiger partial charge in [-0.05, 0) is 48.5 Å². The second kappa shape index (κ2) is 9.96. The van der Waals surface area contributed by atoms with Gasteiger partial charge in [-0.1, -0.05) is 60.7 Å². The largest absolute Gasteiger partial charge is 0.472 e. The quantitative estimate of drug-likeness (QED) is 0.203. The van der Waals surface area contributed by atoms with Crippen molar-refractivity contribution in [2.45, 2.75) is 0 Å². The minimum atomic E-state index is 0.892. The molecule has 5 heterocycles. The number of para-hydroxylation sites is 3. The highest BCUT2D eigenvalue weighted by atomic mass is 16.3. The molecule has 0 bridgehead atoms. The minimum absolute atomic E-state index is 0.892. The van der Waals surface area contributed by atoms with Crippen LogP contribution in [0.3, 0.4) is 0 Å². The lowest BCUT2D eigenvalue weighted by Crippen LogP contribution is -1.99. The molecule has 0 atom stereocenters. The number of rotatable bonds is 5. The molecule has 0 radical (unpaired) electrons. The second-order valence-corrected chi connectivity index (χ2v) is 11.3. The Hall–Kier alpha value is -6.14. The second-order valence-electron chi connectivity index (χ2n) is 11.3. The van der Waals surface area contributed by atoms with Crippen LogP contribution in [0.1, 0.15) is 0 Å².